The summed E-state index contributed by atoms with van der Waals surface area (Å²) in [5, 5.41) is 8.74. The number of carbonyl (C=O) groups is 1. The van der Waals surface area contributed by atoms with Crippen LogP contribution in [0.25, 0.3) is 0 Å². The van der Waals surface area contributed by atoms with Crippen LogP contribution in [0.1, 0.15) is 22.8 Å². The number of nitrogen functional groups attached to an aromatic ring is 2. The topological polar surface area (TPSA) is 102 Å². The maximum absolute atomic E-state index is 11.3. The normalized spacial score (nSPS) is 9.33. The highest BCUT2D eigenvalue weighted by Gasteiger charge is 2.11. The first kappa shape index (κ1) is 10.9. The van der Waals surface area contributed by atoms with E-state index in [0.29, 0.717) is 0 Å². The first-order valence-corrected chi connectivity index (χ1v) is 4.36. The van der Waals surface area contributed by atoms with Gasteiger partial charge in [-0.1, -0.05) is 0 Å². The zero-order chi connectivity index (χ0) is 11.4. The Morgan fingerprint density at radius 3 is 2.73 bits per heavy atom. The van der Waals surface area contributed by atoms with E-state index < -0.39 is 5.97 Å². The van der Waals surface area contributed by atoms with Gasteiger partial charge in [-0.05, 0) is 19.1 Å². The van der Waals surface area contributed by atoms with E-state index in [-0.39, 0.29) is 29.1 Å². The van der Waals surface area contributed by atoms with E-state index in [1.807, 2.05) is 6.07 Å². The van der Waals surface area contributed by atoms with E-state index in [1.54, 1.807) is 6.92 Å². The van der Waals surface area contributed by atoms with E-state index in [0.717, 1.165) is 0 Å². The summed E-state index contributed by atoms with van der Waals surface area (Å²) in [7, 11) is 0. The lowest BCUT2D eigenvalue weighted by Crippen LogP contribution is -2.07. The van der Waals surface area contributed by atoms with Crippen LogP contribution in [0, 0.1) is 11.3 Å². The van der Waals surface area contributed by atoms with Crippen LogP contribution in [0.3, 0.4) is 0 Å². The summed E-state index contributed by atoms with van der Waals surface area (Å²) in [6.07, 6.45) is 0. The highest BCUT2D eigenvalue weighted by molar-refractivity contribution is 5.93. The summed E-state index contributed by atoms with van der Waals surface area (Å²) in [4.78, 5) is 11.3. The molecule has 15 heavy (non-hydrogen) atoms. The fraction of sp³-hybridized carbons (Fsp3) is 0.200. The van der Waals surface area contributed by atoms with Crippen molar-refractivity contribution >= 4 is 17.3 Å². The number of hydrogen-bond acceptors (Lipinski definition) is 5. The van der Waals surface area contributed by atoms with Gasteiger partial charge < -0.3 is 16.2 Å². The van der Waals surface area contributed by atoms with E-state index in [4.69, 9.17) is 21.5 Å². The summed E-state index contributed by atoms with van der Waals surface area (Å²) < 4.78 is 4.78. The first-order valence-electron chi connectivity index (χ1n) is 4.36. The number of anilines is 2. The molecule has 0 radical (unpaired) electrons. The summed E-state index contributed by atoms with van der Waals surface area (Å²) in [6.45, 7) is 1.97. The van der Waals surface area contributed by atoms with Gasteiger partial charge in [0.1, 0.15) is 6.07 Å². The second kappa shape index (κ2) is 4.33. The van der Waals surface area contributed by atoms with Gasteiger partial charge >= 0.3 is 5.97 Å². The average molecular weight is 205 g/mol. The molecule has 5 heteroatoms. The van der Waals surface area contributed by atoms with Crippen LogP contribution in [0.5, 0.6) is 0 Å². The van der Waals surface area contributed by atoms with Crippen LogP contribution < -0.4 is 11.5 Å². The molecule has 0 saturated carbocycles. The van der Waals surface area contributed by atoms with Crippen molar-refractivity contribution in [2.45, 2.75) is 6.92 Å². The molecule has 0 heterocycles. The minimum absolute atomic E-state index is 0.179. The minimum atomic E-state index is -0.513. The summed E-state index contributed by atoms with van der Waals surface area (Å²) in [5.74, 6) is -0.513. The molecule has 0 saturated heterocycles. The molecule has 0 spiro atoms. The highest BCUT2D eigenvalue weighted by Crippen LogP contribution is 2.22. The fourth-order valence-corrected chi connectivity index (χ4v) is 1.10. The Bertz CT molecular complexity index is 435. The molecular formula is C10H11N3O2. The molecule has 1 aromatic rings. The Labute approximate surface area is 87.2 Å². The van der Waals surface area contributed by atoms with E-state index in [2.05, 4.69) is 0 Å². The average Bonchev–Trinajstić information content (AvgIpc) is 2.22. The lowest BCUT2D eigenvalue weighted by molar-refractivity contribution is 0.0526. The minimum Gasteiger partial charge on any atom is -0.462 e. The second-order valence-corrected chi connectivity index (χ2v) is 2.86. The predicted molar refractivity (Wildman–Crippen MR) is 55.9 cm³/mol. The zero-order valence-corrected chi connectivity index (χ0v) is 8.28. The van der Waals surface area contributed by atoms with Gasteiger partial charge in [-0.3, -0.25) is 0 Å². The van der Waals surface area contributed by atoms with Crippen LogP contribution in [0.15, 0.2) is 12.1 Å². The zero-order valence-electron chi connectivity index (χ0n) is 8.28. The number of hydrogen-bond donors (Lipinski definition) is 2. The maximum Gasteiger partial charge on any atom is 0.338 e. The van der Waals surface area contributed by atoms with Crippen molar-refractivity contribution < 1.29 is 9.53 Å². The lowest BCUT2D eigenvalue weighted by Gasteiger charge is -2.06. The van der Waals surface area contributed by atoms with Crippen molar-refractivity contribution in [2.24, 2.45) is 0 Å². The van der Waals surface area contributed by atoms with E-state index >= 15 is 0 Å². The number of rotatable bonds is 2. The van der Waals surface area contributed by atoms with Gasteiger partial charge in [0.25, 0.3) is 0 Å². The lowest BCUT2D eigenvalue weighted by atomic mass is 10.1. The van der Waals surface area contributed by atoms with Gasteiger partial charge in [0.2, 0.25) is 0 Å². The van der Waals surface area contributed by atoms with Gasteiger partial charge in [-0.25, -0.2) is 4.79 Å². The molecule has 1 rings (SSSR count). The number of ether oxygens (including phenoxy) is 1. The number of esters is 1. The van der Waals surface area contributed by atoms with Gasteiger partial charge in [0.05, 0.1) is 29.1 Å². The van der Waals surface area contributed by atoms with Crippen LogP contribution in [-0.4, -0.2) is 12.6 Å². The second-order valence-electron chi connectivity index (χ2n) is 2.86. The van der Waals surface area contributed by atoms with E-state index in [1.165, 1.54) is 12.1 Å². The van der Waals surface area contributed by atoms with Crippen LogP contribution in [0.4, 0.5) is 11.4 Å². The Balaban J connectivity index is 3.18. The van der Waals surface area contributed by atoms with Crippen molar-refractivity contribution in [1.82, 2.24) is 0 Å². The van der Waals surface area contributed by atoms with Crippen molar-refractivity contribution in [3.8, 4) is 6.07 Å². The third-order valence-corrected chi connectivity index (χ3v) is 1.84. The van der Waals surface area contributed by atoms with Crippen LogP contribution in [0.2, 0.25) is 0 Å². The molecule has 4 N–H and O–H groups in total. The monoisotopic (exact) mass is 205 g/mol. The largest absolute Gasteiger partial charge is 0.462 e. The molecule has 0 aliphatic rings. The summed E-state index contributed by atoms with van der Waals surface area (Å²) in [6, 6.07) is 4.62. The maximum atomic E-state index is 11.3. The molecule has 1 aromatic carbocycles. The van der Waals surface area contributed by atoms with Crippen molar-refractivity contribution in [2.75, 3.05) is 18.1 Å². The molecule has 0 atom stereocenters. The molecule has 0 unspecified atom stereocenters. The third kappa shape index (κ3) is 2.17. The number of benzene rings is 1. The van der Waals surface area contributed by atoms with Gasteiger partial charge in [-0.2, -0.15) is 5.26 Å². The molecular weight excluding hydrogens is 194 g/mol. The molecule has 0 bridgehead atoms. The van der Waals surface area contributed by atoms with E-state index in [9.17, 15) is 4.79 Å². The third-order valence-electron chi connectivity index (χ3n) is 1.84. The SMILES string of the molecule is CCOC(=O)c1cc(N)c(N)c(C#N)c1. The number of nitrogens with two attached hydrogens (primary N) is 2. The Morgan fingerprint density at radius 1 is 1.53 bits per heavy atom. The number of nitrogens with zero attached hydrogens (tertiary/aromatic N) is 1. The quantitative estimate of drug-likeness (QED) is 0.551. The molecule has 0 amide bonds. The summed E-state index contributed by atoms with van der Waals surface area (Å²) >= 11 is 0. The standard InChI is InChI=1S/C10H11N3O2/c1-2-15-10(14)6-3-7(5-11)9(13)8(12)4-6/h3-4H,2,12-13H2,1H3. The van der Waals surface area contributed by atoms with Gasteiger partial charge in [-0.15, -0.1) is 0 Å². The Morgan fingerprint density at radius 2 is 2.20 bits per heavy atom. The molecule has 0 fully saturated rings. The fourth-order valence-electron chi connectivity index (χ4n) is 1.10. The molecule has 5 nitrogen and oxygen atoms in total. The molecule has 0 aliphatic heterocycles. The van der Waals surface area contributed by atoms with Crippen LogP contribution >= 0.6 is 0 Å². The van der Waals surface area contributed by atoms with Crippen LogP contribution in [-0.2, 0) is 4.74 Å². The number of nitriles is 1. The first-order chi connectivity index (χ1) is 7.10. The van der Waals surface area contributed by atoms with Crippen molar-refractivity contribution in [3.05, 3.63) is 23.3 Å². The smallest absolute Gasteiger partial charge is 0.338 e. The number of carbonyl (C=O) groups excluding carboxylic acids is 1. The molecule has 0 aliphatic carbocycles. The Kier molecular flexibility index (Phi) is 3.13. The van der Waals surface area contributed by atoms with Gasteiger partial charge in [0, 0.05) is 0 Å². The van der Waals surface area contributed by atoms with Crippen molar-refractivity contribution in [1.29, 1.82) is 5.26 Å². The predicted octanol–water partition coefficient (Wildman–Crippen LogP) is 0.899. The summed E-state index contributed by atoms with van der Waals surface area (Å²) in [5.41, 5.74) is 11.9. The Hall–Kier alpha value is -2.22. The molecule has 0 aromatic heterocycles. The van der Waals surface area contributed by atoms with Crippen molar-refractivity contribution in [3.63, 3.8) is 0 Å². The van der Waals surface area contributed by atoms with Gasteiger partial charge in [0.15, 0.2) is 0 Å². The highest BCUT2D eigenvalue weighted by atomic mass is 16.5. The molecule has 78 valence electrons.